The zero-order chi connectivity index (χ0) is 30.5. The van der Waals surface area contributed by atoms with Gasteiger partial charge in [-0.1, -0.05) is 0 Å². The van der Waals surface area contributed by atoms with Crippen LogP contribution in [0.4, 0.5) is 79.0 Å². The zero-order valence-electron chi connectivity index (χ0n) is 18.0. The minimum atomic E-state index is -8.78. The molecule has 0 amide bonds. The molecule has 1 atom stereocenters. The monoisotopic (exact) mass is 595 g/mol. The number of likely N-dealkylation sites (N-methyl/N-ethyl adjacent to an activating group) is 1. The van der Waals surface area contributed by atoms with Gasteiger partial charge in [-0.15, -0.1) is 0 Å². The summed E-state index contributed by atoms with van der Waals surface area (Å²) in [6, 6.07) is 0. The lowest BCUT2D eigenvalue weighted by Crippen LogP contribution is -2.75. The summed E-state index contributed by atoms with van der Waals surface area (Å²) in [7, 11) is 2.03. The van der Waals surface area contributed by atoms with E-state index in [0.717, 1.165) is 14.1 Å². The Bertz CT molecular complexity index is 819. The average Bonchev–Trinajstić information content (AvgIpc) is 2.64. The number of carbonyl (C=O) groups excluding carboxylic acids is 1. The van der Waals surface area contributed by atoms with Crippen molar-refractivity contribution in [3.8, 4) is 0 Å². The van der Waals surface area contributed by atoms with Crippen LogP contribution >= 0.6 is 0 Å². The predicted octanol–water partition coefficient (Wildman–Crippen LogP) is 4.94. The van der Waals surface area contributed by atoms with Gasteiger partial charge in [0.1, 0.15) is 6.54 Å². The lowest BCUT2D eigenvalue weighted by molar-refractivity contribution is -0.885. The van der Waals surface area contributed by atoms with Gasteiger partial charge in [-0.05, 0) is 12.8 Å². The van der Waals surface area contributed by atoms with E-state index in [-0.39, 0.29) is 0 Å². The van der Waals surface area contributed by atoms with Crippen LogP contribution < -0.4 is 5.11 Å². The first-order chi connectivity index (χ1) is 15.8. The van der Waals surface area contributed by atoms with Crippen molar-refractivity contribution in [3.05, 3.63) is 0 Å². The molecule has 0 aromatic carbocycles. The Labute approximate surface area is 194 Å². The fourth-order valence-electron chi connectivity index (χ4n) is 2.68. The highest BCUT2D eigenvalue weighted by Gasteiger charge is 2.95. The van der Waals surface area contributed by atoms with Crippen LogP contribution in [0.25, 0.3) is 0 Å². The van der Waals surface area contributed by atoms with Crippen molar-refractivity contribution in [1.82, 2.24) is 0 Å². The van der Waals surface area contributed by atoms with Crippen LogP contribution in [0.1, 0.15) is 12.8 Å². The maximum Gasteiger partial charge on any atom is 0.460 e. The Kier molecular flexibility index (Phi) is 9.25. The Morgan fingerprint density at radius 3 is 1.30 bits per heavy atom. The number of alkyl halides is 18. The van der Waals surface area contributed by atoms with E-state index in [1.165, 1.54) is 0 Å². The molecule has 21 heteroatoms. The van der Waals surface area contributed by atoms with Gasteiger partial charge in [0.25, 0.3) is 0 Å². The molecule has 0 aliphatic rings. The third-order valence-electron chi connectivity index (χ3n) is 4.92. The molecule has 0 bridgehead atoms. The maximum atomic E-state index is 13.8. The van der Waals surface area contributed by atoms with Crippen LogP contribution in [-0.4, -0.2) is 91.4 Å². The first-order valence-electron chi connectivity index (χ1n) is 9.17. The summed E-state index contributed by atoms with van der Waals surface area (Å²) in [5.74, 6) is -60.0. The fourth-order valence-corrected chi connectivity index (χ4v) is 2.68. The van der Waals surface area contributed by atoms with Gasteiger partial charge in [0.2, 0.25) is 0 Å². The van der Waals surface area contributed by atoms with Gasteiger partial charge in [-0.3, -0.25) is 0 Å². The van der Waals surface area contributed by atoms with Crippen molar-refractivity contribution >= 4 is 5.97 Å². The molecule has 1 unspecified atom stereocenters. The van der Waals surface area contributed by atoms with Crippen LogP contribution in [0, 0.1) is 0 Å². The van der Waals surface area contributed by atoms with Crippen LogP contribution in [-0.2, 0) is 4.79 Å². The highest BCUT2D eigenvalue weighted by molar-refractivity contribution is 5.65. The number of rotatable bonds is 13. The van der Waals surface area contributed by atoms with E-state index in [1.54, 1.807) is 0 Å². The van der Waals surface area contributed by atoms with Gasteiger partial charge >= 0.3 is 47.6 Å². The third-order valence-corrected chi connectivity index (χ3v) is 4.92. The van der Waals surface area contributed by atoms with Crippen LogP contribution in [0.3, 0.4) is 0 Å². The van der Waals surface area contributed by atoms with Gasteiger partial charge in [0.05, 0.1) is 26.6 Å². The number of carbonyl (C=O) groups is 1. The van der Waals surface area contributed by atoms with Crippen molar-refractivity contribution < 1.29 is 93.4 Å². The number of hydrogen-bond acceptors (Lipinski definition) is 2. The number of hydrogen-bond donors (Lipinski definition) is 0. The summed E-state index contributed by atoms with van der Waals surface area (Å²) in [5.41, 5.74) is 0. The minimum Gasteiger partial charge on any atom is -0.544 e. The first-order valence-corrected chi connectivity index (χ1v) is 9.17. The van der Waals surface area contributed by atoms with Crippen molar-refractivity contribution in [2.75, 3.05) is 27.2 Å². The lowest BCUT2D eigenvalue weighted by Gasteiger charge is -2.43. The summed E-state index contributed by atoms with van der Waals surface area (Å²) in [6.07, 6.45) is -15.6. The van der Waals surface area contributed by atoms with E-state index < -0.39 is 90.2 Å². The molecule has 0 saturated carbocycles. The second kappa shape index (κ2) is 9.73. The highest BCUT2D eigenvalue weighted by atomic mass is 19.4. The van der Waals surface area contributed by atoms with E-state index in [9.17, 15) is 88.9 Å². The second-order valence-corrected chi connectivity index (χ2v) is 8.37. The van der Waals surface area contributed by atoms with E-state index in [1.807, 2.05) is 0 Å². The Morgan fingerprint density at radius 1 is 0.649 bits per heavy atom. The van der Waals surface area contributed by atoms with Gasteiger partial charge in [0.15, 0.2) is 6.17 Å². The predicted molar refractivity (Wildman–Crippen MR) is 81.7 cm³/mol. The summed E-state index contributed by atoms with van der Waals surface area (Å²) in [5, 5.41) is 10.5. The number of aliphatic carboxylic acids is 1. The number of nitrogens with zero attached hydrogens (tertiary/aromatic N) is 1. The molecule has 0 spiro atoms. The molecule has 3 nitrogen and oxygen atoms in total. The van der Waals surface area contributed by atoms with E-state index in [4.69, 9.17) is 0 Å². The Hall–Kier alpha value is -1.83. The minimum absolute atomic E-state index is 0.709. The molecular formula is C16H15F18NO2. The molecule has 0 rings (SSSR count). The normalized spacial score (nSPS) is 16.6. The molecule has 0 radical (unpaired) electrons. The molecule has 0 saturated heterocycles. The molecular weight excluding hydrogens is 580 g/mol. The molecule has 37 heavy (non-hydrogen) atoms. The number of quaternary nitrogens is 1. The molecule has 0 heterocycles. The summed E-state index contributed by atoms with van der Waals surface area (Å²) >= 11 is 0. The fraction of sp³-hybridized carbons (Fsp3) is 0.938. The van der Waals surface area contributed by atoms with Gasteiger partial charge in [0, 0.05) is 0 Å². The first kappa shape index (κ1) is 35.2. The SMILES string of the molecule is C[N+](C)(CCCC(F)C(F)(F)C(F)(F)C(F)(F)C(F)(F)C(F)(F)C(F)(F)C(F)(F)C(F)(F)F)CC(=O)[O-]. The summed E-state index contributed by atoms with van der Waals surface area (Å²) in [4.78, 5) is 10.5. The molecule has 0 aliphatic heterocycles. The van der Waals surface area contributed by atoms with Gasteiger partial charge in [-0.25, -0.2) is 4.39 Å². The number of carboxylic acids is 1. The summed E-state index contributed by atoms with van der Waals surface area (Å²) < 4.78 is 237. The smallest absolute Gasteiger partial charge is 0.460 e. The largest absolute Gasteiger partial charge is 0.544 e. The van der Waals surface area contributed by atoms with Crippen LogP contribution in [0.2, 0.25) is 0 Å². The molecule has 0 fully saturated rings. The van der Waals surface area contributed by atoms with Gasteiger partial charge in [-0.2, -0.15) is 74.6 Å². The second-order valence-electron chi connectivity index (χ2n) is 8.37. The molecule has 0 aliphatic carbocycles. The number of carboxylic acid groups (broad SMARTS) is 1. The Morgan fingerprint density at radius 2 is 0.973 bits per heavy atom. The zero-order valence-corrected chi connectivity index (χ0v) is 18.0. The van der Waals surface area contributed by atoms with E-state index in [0.29, 0.717) is 0 Å². The van der Waals surface area contributed by atoms with Crippen LogP contribution in [0.5, 0.6) is 0 Å². The summed E-state index contributed by atoms with van der Waals surface area (Å²) in [6.45, 7) is -1.61. The molecule has 0 aromatic heterocycles. The molecule has 222 valence electrons. The van der Waals surface area contributed by atoms with E-state index in [2.05, 4.69) is 0 Å². The highest BCUT2D eigenvalue weighted by Crippen LogP contribution is 2.64. The Balaban J connectivity index is 6.30. The standard InChI is InChI=1S/C16H15F18NO2/c1-35(2,6-8(36)37)5-3-4-7(17)9(18,19)10(20,21)11(22,23)12(24,25)13(26,27)14(28,29)15(30,31)16(32,33)34/h7H,3-6H2,1-2H3. The molecule has 0 aromatic rings. The maximum absolute atomic E-state index is 13.8. The average molecular weight is 595 g/mol. The van der Waals surface area contributed by atoms with Crippen LogP contribution in [0.15, 0.2) is 0 Å². The van der Waals surface area contributed by atoms with Crippen molar-refractivity contribution in [3.63, 3.8) is 0 Å². The molecule has 0 N–H and O–H groups in total. The third kappa shape index (κ3) is 5.64. The quantitative estimate of drug-likeness (QED) is 0.224. The van der Waals surface area contributed by atoms with Crippen molar-refractivity contribution in [1.29, 1.82) is 0 Å². The van der Waals surface area contributed by atoms with Crippen molar-refractivity contribution in [2.24, 2.45) is 0 Å². The van der Waals surface area contributed by atoms with E-state index >= 15 is 0 Å². The van der Waals surface area contributed by atoms with Crippen molar-refractivity contribution in [2.45, 2.75) is 66.6 Å². The number of halogens is 18. The lowest BCUT2D eigenvalue weighted by atomic mass is 9.87. The van der Waals surface area contributed by atoms with Gasteiger partial charge < -0.3 is 14.4 Å². The topological polar surface area (TPSA) is 40.1 Å².